The van der Waals surface area contributed by atoms with E-state index in [9.17, 15) is 9.59 Å². The molecule has 0 spiro atoms. The first-order valence-corrected chi connectivity index (χ1v) is 8.92. The van der Waals surface area contributed by atoms with Gasteiger partial charge in [-0.1, -0.05) is 77.6 Å². The number of carbonyl (C=O) groups excluding carboxylic acids is 2. The minimum absolute atomic E-state index is 0.323. The molecule has 1 atom stereocenters. The summed E-state index contributed by atoms with van der Waals surface area (Å²) in [5.74, 6) is -0.355. The zero-order chi connectivity index (χ0) is 15.3. The van der Waals surface area contributed by atoms with Crippen molar-refractivity contribution < 1.29 is 14.3 Å². The van der Waals surface area contributed by atoms with Gasteiger partial charge in [0, 0.05) is 12.8 Å². The van der Waals surface area contributed by atoms with Gasteiger partial charge in [0.15, 0.2) is 0 Å². The van der Waals surface area contributed by atoms with Gasteiger partial charge < -0.3 is 4.74 Å². The minimum atomic E-state index is -0.340. The smallest absolute Gasteiger partial charge is 0.313 e. The van der Waals surface area contributed by atoms with Crippen molar-refractivity contribution in [1.29, 1.82) is 0 Å². The molecule has 1 aliphatic heterocycles. The average molecular weight is 296 g/mol. The summed E-state index contributed by atoms with van der Waals surface area (Å²) in [7, 11) is 0. The molecule has 1 unspecified atom stereocenters. The molecule has 1 rings (SSSR count). The summed E-state index contributed by atoms with van der Waals surface area (Å²) >= 11 is 0. The van der Waals surface area contributed by atoms with Gasteiger partial charge >= 0.3 is 11.9 Å². The molecule has 0 N–H and O–H groups in total. The Balaban J connectivity index is 2.30. The summed E-state index contributed by atoms with van der Waals surface area (Å²) in [6, 6.07) is 0. The maximum absolute atomic E-state index is 11.7. The van der Waals surface area contributed by atoms with Crippen LogP contribution in [0.1, 0.15) is 96.8 Å². The molecule has 122 valence electrons. The molecule has 0 aromatic heterocycles. The highest BCUT2D eigenvalue weighted by Gasteiger charge is 2.14. The van der Waals surface area contributed by atoms with Crippen molar-refractivity contribution in [2.45, 2.75) is 96.8 Å². The van der Waals surface area contributed by atoms with E-state index in [1.165, 1.54) is 57.8 Å². The number of rotatable bonds is 0. The highest BCUT2D eigenvalue weighted by molar-refractivity contribution is 5.85. The fraction of sp³-hybridized carbons (Fsp3) is 0.889. The van der Waals surface area contributed by atoms with Crippen LogP contribution in [0, 0.1) is 5.92 Å². The van der Waals surface area contributed by atoms with Crippen LogP contribution in [0.15, 0.2) is 0 Å². The lowest BCUT2D eigenvalue weighted by molar-refractivity contribution is -0.160. The SMILES string of the molecule is CC1CCCCCCCCCCCCCC(=O)OC(=O)C1. The molecule has 0 aromatic carbocycles. The predicted molar refractivity (Wildman–Crippen MR) is 84.9 cm³/mol. The number of hydrogen-bond donors (Lipinski definition) is 0. The van der Waals surface area contributed by atoms with E-state index in [-0.39, 0.29) is 11.9 Å². The molecule has 1 saturated heterocycles. The number of hydrogen-bond acceptors (Lipinski definition) is 3. The summed E-state index contributed by atoms with van der Waals surface area (Å²) in [6.45, 7) is 2.07. The van der Waals surface area contributed by atoms with Gasteiger partial charge in [0.05, 0.1) is 0 Å². The number of cyclic esters (lactones) is 2. The third-order valence-corrected chi connectivity index (χ3v) is 4.32. The predicted octanol–water partition coefficient (Wildman–Crippen LogP) is 5.17. The largest absolute Gasteiger partial charge is 0.393 e. The zero-order valence-corrected chi connectivity index (χ0v) is 13.7. The fourth-order valence-electron chi connectivity index (χ4n) is 2.96. The molecular weight excluding hydrogens is 264 g/mol. The van der Waals surface area contributed by atoms with Crippen LogP contribution in [-0.4, -0.2) is 11.9 Å². The van der Waals surface area contributed by atoms with Crippen molar-refractivity contribution in [2.75, 3.05) is 0 Å². The van der Waals surface area contributed by atoms with Crippen molar-refractivity contribution in [3.8, 4) is 0 Å². The second-order valence-electron chi connectivity index (χ2n) is 6.58. The lowest BCUT2D eigenvalue weighted by atomic mass is 9.98. The lowest BCUT2D eigenvalue weighted by Gasteiger charge is -2.10. The van der Waals surface area contributed by atoms with Gasteiger partial charge in [0.1, 0.15) is 0 Å². The van der Waals surface area contributed by atoms with Crippen molar-refractivity contribution in [3.63, 3.8) is 0 Å². The molecule has 0 aliphatic carbocycles. The summed E-state index contributed by atoms with van der Waals surface area (Å²) in [6.07, 6.45) is 15.4. The Morgan fingerprint density at radius 1 is 0.714 bits per heavy atom. The van der Waals surface area contributed by atoms with Crippen LogP contribution in [0.2, 0.25) is 0 Å². The van der Waals surface area contributed by atoms with E-state index in [4.69, 9.17) is 4.74 Å². The van der Waals surface area contributed by atoms with Crippen LogP contribution in [0.3, 0.4) is 0 Å². The first-order chi connectivity index (χ1) is 10.2. The van der Waals surface area contributed by atoms with Gasteiger partial charge in [0.2, 0.25) is 0 Å². The summed E-state index contributed by atoms with van der Waals surface area (Å²) in [5.41, 5.74) is 0. The third kappa shape index (κ3) is 10.5. The molecular formula is C18H32O3. The van der Waals surface area contributed by atoms with Gasteiger partial charge in [-0.05, 0) is 12.3 Å². The highest BCUT2D eigenvalue weighted by atomic mass is 16.6. The molecule has 0 amide bonds. The Labute approximate surface area is 129 Å². The Morgan fingerprint density at radius 3 is 1.76 bits per heavy atom. The van der Waals surface area contributed by atoms with Crippen LogP contribution in [0.25, 0.3) is 0 Å². The molecule has 0 aromatic rings. The Morgan fingerprint density at radius 2 is 1.19 bits per heavy atom. The van der Waals surface area contributed by atoms with Crippen molar-refractivity contribution in [1.82, 2.24) is 0 Å². The molecule has 0 bridgehead atoms. The molecule has 3 heteroatoms. The normalized spacial score (nSPS) is 25.7. The standard InChI is InChI=1S/C18H32O3/c1-16-13-11-9-7-5-3-2-4-6-8-10-12-14-17(19)21-18(20)15-16/h16H,2-15H2,1H3. The molecule has 3 nitrogen and oxygen atoms in total. The van der Waals surface area contributed by atoms with E-state index in [1.807, 2.05) is 0 Å². The third-order valence-electron chi connectivity index (χ3n) is 4.32. The van der Waals surface area contributed by atoms with Gasteiger partial charge in [0.25, 0.3) is 0 Å². The van der Waals surface area contributed by atoms with Gasteiger partial charge in [-0.2, -0.15) is 0 Å². The number of ether oxygens (including phenoxy) is 1. The van der Waals surface area contributed by atoms with Crippen LogP contribution >= 0.6 is 0 Å². The number of esters is 2. The van der Waals surface area contributed by atoms with Crippen LogP contribution < -0.4 is 0 Å². The molecule has 1 heterocycles. The number of carbonyl (C=O) groups is 2. The van der Waals surface area contributed by atoms with E-state index in [0.29, 0.717) is 18.8 Å². The topological polar surface area (TPSA) is 43.4 Å². The van der Waals surface area contributed by atoms with E-state index in [0.717, 1.165) is 19.3 Å². The Bertz CT molecular complexity index is 299. The molecule has 1 aliphatic rings. The van der Waals surface area contributed by atoms with Crippen molar-refractivity contribution >= 4 is 11.9 Å². The summed E-state index contributed by atoms with van der Waals surface area (Å²) in [5, 5.41) is 0. The van der Waals surface area contributed by atoms with Gasteiger partial charge in [-0.3, -0.25) is 9.59 Å². The summed E-state index contributed by atoms with van der Waals surface area (Å²) in [4.78, 5) is 23.2. The van der Waals surface area contributed by atoms with E-state index in [2.05, 4.69) is 6.92 Å². The van der Waals surface area contributed by atoms with Gasteiger partial charge in [-0.15, -0.1) is 0 Å². The monoisotopic (exact) mass is 296 g/mol. The maximum atomic E-state index is 11.7. The highest BCUT2D eigenvalue weighted by Crippen LogP contribution is 2.17. The van der Waals surface area contributed by atoms with Crippen molar-refractivity contribution in [2.24, 2.45) is 5.92 Å². The first-order valence-electron chi connectivity index (χ1n) is 8.92. The maximum Gasteiger partial charge on any atom is 0.313 e. The molecule has 21 heavy (non-hydrogen) atoms. The zero-order valence-electron chi connectivity index (χ0n) is 13.7. The minimum Gasteiger partial charge on any atom is -0.393 e. The Kier molecular flexibility index (Phi) is 10.2. The first kappa shape index (κ1) is 18.2. The molecule has 0 saturated carbocycles. The van der Waals surface area contributed by atoms with E-state index in [1.54, 1.807) is 0 Å². The molecule has 0 radical (unpaired) electrons. The average Bonchev–Trinajstić information content (AvgIpc) is 2.42. The van der Waals surface area contributed by atoms with Crippen LogP contribution in [0.4, 0.5) is 0 Å². The summed E-state index contributed by atoms with van der Waals surface area (Å²) < 4.78 is 4.89. The quantitative estimate of drug-likeness (QED) is 0.457. The van der Waals surface area contributed by atoms with Crippen LogP contribution in [0.5, 0.6) is 0 Å². The second-order valence-corrected chi connectivity index (χ2v) is 6.58. The molecule has 1 fully saturated rings. The van der Waals surface area contributed by atoms with Gasteiger partial charge in [-0.25, -0.2) is 0 Å². The van der Waals surface area contributed by atoms with Crippen molar-refractivity contribution in [3.05, 3.63) is 0 Å². The second kappa shape index (κ2) is 11.8. The Hall–Kier alpha value is -0.860. The van der Waals surface area contributed by atoms with E-state index < -0.39 is 0 Å². The fourth-order valence-corrected chi connectivity index (χ4v) is 2.96. The van der Waals surface area contributed by atoms with Crippen LogP contribution in [-0.2, 0) is 14.3 Å². The van der Waals surface area contributed by atoms with E-state index >= 15 is 0 Å². The lowest BCUT2D eigenvalue weighted by Crippen LogP contribution is -2.15.